The molecule has 3 rings (SSSR count). The molecule has 7 nitrogen and oxygen atoms in total. The molecule has 0 atom stereocenters. The molecule has 0 fully saturated rings. The number of amides is 1. The minimum absolute atomic E-state index is 0.271. The molecule has 1 aliphatic rings. The molecule has 2 N–H and O–H groups in total. The van der Waals surface area contributed by atoms with E-state index in [1.54, 1.807) is 0 Å². The van der Waals surface area contributed by atoms with E-state index in [1.807, 2.05) is 0 Å². The Morgan fingerprint density at radius 3 is 2.68 bits per heavy atom. The lowest BCUT2D eigenvalue weighted by atomic mass is 10.1. The molecule has 0 unspecified atom stereocenters. The van der Waals surface area contributed by atoms with Crippen LogP contribution in [0.15, 0.2) is 12.4 Å². The maximum Gasteiger partial charge on any atom is 0.356 e. The molecule has 1 aliphatic carbocycles. The number of hydrogen-bond acceptors (Lipinski definition) is 6. The van der Waals surface area contributed by atoms with Gasteiger partial charge in [-0.3, -0.25) is 4.79 Å². The van der Waals surface area contributed by atoms with Crippen LogP contribution in [0, 0.1) is 11.3 Å². The molecule has 0 radical (unpaired) electrons. The van der Waals surface area contributed by atoms with Crippen LogP contribution in [-0.2, 0) is 12.8 Å². The second-order valence-corrected chi connectivity index (χ2v) is 5.79. The first kappa shape index (κ1) is 14.2. The summed E-state index contributed by atoms with van der Waals surface area (Å²) in [5, 5.41) is 21.4. The number of nitriles is 1. The smallest absolute Gasteiger partial charge is 0.356 e. The number of anilines is 1. The van der Waals surface area contributed by atoms with Crippen molar-refractivity contribution >= 4 is 28.2 Å². The molecule has 2 aromatic heterocycles. The highest BCUT2D eigenvalue weighted by Crippen LogP contribution is 2.38. The van der Waals surface area contributed by atoms with Gasteiger partial charge in [-0.15, -0.1) is 11.3 Å². The number of nitrogens with zero attached hydrogens (tertiary/aromatic N) is 3. The molecular weight excluding hydrogens is 304 g/mol. The third-order valence-corrected chi connectivity index (χ3v) is 4.58. The number of rotatable bonds is 3. The molecule has 2 aromatic rings. The Balaban J connectivity index is 1.94. The molecule has 110 valence electrons. The van der Waals surface area contributed by atoms with Crippen molar-refractivity contribution in [2.24, 2.45) is 0 Å². The Kier molecular flexibility index (Phi) is 3.56. The van der Waals surface area contributed by atoms with Gasteiger partial charge in [0.1, 0.15) is 11.1 Å². The second-order valence-electron chi connectivity index (χ2n) is 4.69. The molecule has 2 heterocycles. The minimum atomic E-state index is -1.33. The normalized spacial score (nSPS) is 12.5. The Bertz CT molecular complexity index is 822. The fourth-order valence-electron chi connectivity index (χ4n) is 2.43. The Morgan fingerprint density at radius 1 is 1.27 bits per heavy atom. The molecule has 0 saturated heterocycles. The zero-order valence-electron chi connectivity index (χ0n) is 11.3. The van der Waals surface area contributed by atoms with Gasteiger partial charge in [0.15, 0.2) is 11.4 Å². The quantitative estimate of drug-likeness (QED) is 0.893. The van der Waals surface area contributed by atoms with E-state index in [0.29, 0.717) is 10.6 Å². The molecule has 0 aliphatic heterocycles. The van der Waals surface area contributed by atoms with Crippen LogP contribution in [0.2, 0.25) is 0 Å². The predicted molar refractivity (Wildman–Crippen MR) is 78.0 cm³/mol. The summed E-state index contributed by atoms with van der Waals surface area (Å²) in [6, 6.07) is 2.11. The monoisotopic (exact) mass is 314 g/mol. The lowest BCUT2D eigenvalue weighted by Crippen LogP contribution is -2.19. The summed E-state index contributed by atoms with van der Waals surface area (Å²) < 4.78 is 0. The van der Waals surface area contributed by atoms with Gasteiger partial charge in [-0.25, -0.2) is 14.8 Å². The minimum Gasteiger partial charge on any atom is -0.476 e. The van der Waals surface area contributed by atoms with Gasteiger partial charge in [-0.05, 0) is 24.8 Å². The summed E-state index contributed by atoms with van der Waals surface area (Å²) in [5.41, 5.74) is 0.766. The van der Waals surface area contributed by atoms with Gasteiger partial charge in [0.2, 0.25) is 0 Å². The van der Waals surface area contributed by atoms with E-state index in [1.165, 1.54) is 23.7 Å². The van der Waals surface area contributed by atoms with Crippen molar-refractivity contribution in [2.75, 3.05) is 5.32 Å². The average Bonchev–Trinajstić information content (AvgIpc) is 3.07. The van der Waals surface area contributed by atoms with Gasteiger partial charge in [-0.1, -0.05) is 0 Å². The Labute approximate surface area is 129 Å². The number of nitrogens with one attached hydrogen (secondary N) is 1. The van der Waals surface area contributed by atoms with E-state index in [2.05, 4.69) is 21.4 Å². The van der Waals surface area contributed by atoms with Crippen LogP contribution in [0.3, 0.4) is 0 Å². The third kappa shape index (κ3) is 2.31. The van der Waals surface area contributed by atoms with Crippen molar-refractivity contribution in [2.45, 2.75) is 19.3 Å². The first-order valence-electron chi connectivity index (χ1n) is 6.52. The number of carboxylic acid groups (broad SMARTS) is 1. The van der Waals surface area contributed by atoms with Gasteiger partial charge >= 0.3 is 5.97 Å². The molecule has 1 amide bonds. The van der Waals surface area contributed by atoms with Gasteiger partial charge in [0.05, 0.1) is 5.56 Å². The number of carbonyl (C=O) groups is 2. The number of hydrogen-bond donors (Lipinski definition) is 2. The standard InChI is InChI=1S/C14H10N4O3S/c15-6-8-7-2-1-3-9(7)22-13(8)18-12(19)10-11(14(20)21)17-5-4-16-10/h4-5H,1-3H2,(H,18,19)(H,20,21). The molecule has 0 saturated carbocycles. The zero-order valence-corrected chi connectivity index (χ0v) is 12.1. The SMILES string of the molecule is N#Cc1c(NC(=O)c2nccnc2C(=O)O)sc2c1CCC2. The highest BCUT2D eigenvalue weighted by Gasteiger charge is 2.25. The van der Waals surface area contributed by atoms with Crippen molar-refractivity contribution in [3.8, 4) is 6.07 Å². The highest BCUT2D eigenvalue weighted by atomic mass is 32.1. The number of carbonyl (C=O) groups excluding carboxylic acids is 1. The van der Waals surface area contributed by atoms with Crippen molar-refractivity contribution < 1.29 is 14.7 Å². The van der Waals surface area contributed by atoms with Gasteiger partial charge < -0.3 is 10.4 Å². The molecule has 0 aromatic carbocycles. The zero-order chi connectivity index (χ0) is 15.7. The van der Waals surface area contributed by atoms with Crippen LogP contribution in [-0.4, -0.2) is 27.0 Å². The molecule has 0 bridgehead atoms. The van der Waals surface area contributed by atoms with Gasteiger partial charge in [-0.2, -0.15) is 5.26 Å². The fourth-order valence-corrected chi connectivity index (χ4v) is 3.67. The average molecular weight is 314 g/mol. The van der Waals surface area contributed by atoms with Crippen LogP contribution in [0.25, 0.3) is 0 Å². The van der Waals surface area contributed by atoms with Crippen molar-refractivity contribution in [3.05, 3.63) is 39.8 Å². The molecule has 8 heteroatoms. The van der Waals surface area contributed by atoms with Crippen LogP contribution in [0.5, 0.6) is 0 Å². The summed E-state index contributed by atoms with van der Waals surface area (Å²) >= 11 is 1.36. The summed E-state index contributed by atoms with van der Waals surface area (Å²) in [5.74, 6) is -2.01. The van der Waals surface area contributed by atoms with Crippen LogP contribution in [0.4, 0.5) is 5.00 Å². The number of thiophene rings is 1. The Morgan fingerprint density at radius 2 is 2.00 bits per heavy atom. The van der Waals surface area contributed by atoms with E-state index in [4.69, 9.17) is 5.11 Å². The van der Waals surface area contributed by atoms with E-state index < -0.39 is 17.6 Å². The number of aromatic nitrogens is 2. The largest absolute Gasteiger partial charge is 0.476 e. The second kappa shape index (κ2) is 5.54. The van der Waals surface area contributed by atoms with E-state index >= 15 is 0 Å². The number of aryl methyl sites for hydroxylation is 1. The predicted octanol–water partition coefficient (Wildman–Crippen LogP) is 1.85. The molecular formula is C14H10N4O3S. The summed E-state index contributed by atoms with van der Waals surface area (Å²) in [4.78, 5) is 31.9. The third-order valence-electron chi connectivity index (χ3n) is 3.38. The van der Waals surface area contributed by atoms with Gasteiger partial charge in [0.25, 0.3) is 5.91 Å². The van der Waals surface area contributed by atoms with E-state index in [0.717, 1.165) is 29.7 Å². The summed E-state index contributed by atoms with van der Waals surface area (Å²) in [6.45, 7) is 0. The maximum atomic E-state index is 12.3. The number of aromatic carboxylic acids is 1. The molecule has 22 heavy (non-hydrogen) atoms. The fraction of sp³-hybridized carbons (Fsp3) is 0.214. The number of carboxylic acids is 1. The first-order chi connectivity index (χ1) is 10.6. The van der Waals surface area contributed by atoms with E-state index in [9.17, 15) is 14.9 Å². The maximum absolute atomic E-state index is 12.3. The van der Waals surface area contributed by atoms with Crippen LogP contribution < -0.4 is 5.32 Å². The lowest BCUT2D eigenvalue weighted by Gasteiger charge is -2.05. The summed E-state index contributed by atoms with van der Waals surface area (Å²) in [6.07, 6.45) is 5.20. The van der Waals surface area contributed by atoms with Crippen molar-refractivity contribution in [1.82, 2.24) is 9.97 Å². The van der Waals surface area contributed by atoms with Crippen LogP contribution >= 0.6 is 11.3 Å². The highest BCUT2D eigenvalue weighted by molar-refractivity contribution is 7.16. The lowest BCUT2D eigenvalue weighted by molar-refractivity contribution is 0.0685. The summed E-state index contributed by atoms with van der Waals surface area (Å²) in [7, 11) is 0. The first-order valence-corrected chi connectivity index (χ1v) is 7.33. The van der Waals surface area contributed by atoms with Gasteiger partial charge in [0, 0.05) is 17.3 Å². The Hall–Kier alpha value is -2.79. The number of fused-ring (bicyclic) bond motifs is 1. The van der Waals surface area contributed by atoms with Crippen molar-refractivity contribution in [3.63, 3.8) is 0 Å². The van der Waals surface area contributed by atoms with Crippen LogP contribution in [0.1, 0.15) is 43.4 Å². The van der Waals surface area contributed by atoms with Crippen molar-refractivity contribution in [1.29, 1.82) is 5.26 Å². The topological polar surface area (TPSA) is 116 Å². The molecule has 0 spiro atoms. The van der Waals surface area contributed by atoms with E-state index in [-0.39, 0.29) is 5.69 Å².